The zero-order valence-corrected chi connectivity index (χ0v) is 15.1. The average Bonchev–Trinajstić information content (AvgIpc) is 2.68. The Morgan fingerprint density at radius 2 is 1.73 bits per heavy atom. The van der Waals surface area contributed by atoms with Gasteiger partial charge in [0.05, 0.1) is 0 Å². The number of hydrogen-bond acceptors (Lipinski definition) is 5. The van der Waals surface area contributed by atoms with Gasteiger partial charge in [-0.1, -0.05) is 12.1 Å². The standard InChI is InChI=1S/C19H23N5O2/c1-14(2)21-18(25)15-6-5-7-16(22-15)19(26)24-12-10-23(11-13-24)17-8-3-4-9-20-17/h3-9,14H,10-13H2,1-2H3,(H,21,25). The van der Waals surface area contributed by atoms with Crippen molar-refractivity contribution in [2.45, 2.75) is 19.9 Å². The maximum atomic E-state index is 12.7. The van der Waals surface area contributed by atoms with Gasteiger partial charge < -0.3 is 15.1 Å². The fraction of sp³-hybridized carbons (Fsp3) is 0.368. The zero-order chi connectivity index (χ0) is 18.5. The Morgan fingerprint density at radius 1 is 1.00 bits per heavy atom. The lowest BCUT2D eigenvalue weighted by atomic mass is 10.2. The molecular formula is C19H23N5O2. The molecule has 0 atom stereocenters. The van der Waals surface area contributed by atoms with Crippen molar-refractivity contribution in [2.75, 3.05) is 31.1 Å². The van der Waals surface area contributed by atoms with Gasteiger partial charge in [-0.3, -0.25) is 9.59 Å². The molecule has 2 aromatic rings. The van der Waals surface area contributed by atoms with Crippen LogP contribution in [0.25, 0.3) is 0 Å². The number of carbonyl (C=O) groups is 2. The SMILES string of the molecule is CC(C)NC(=O)c1cccc(C(=O)N2CCN(c3ccccn3)CC2)n1. The number of nitrogens with one attached hydrogen (secondary N) is 1. The van der Waals surface area contributed by atoms with E-state index in [9.17, 15) is 9.59 Å². The number of rotatable bonds is 4. The highest BCUT2D eigenvalue weighted by molar-refractivity contribution is 5.96. The Bertz CT molecular complexity index is 771. The molecule has 0 aromatic carbocycles. The number of hydrogen-bond donors (Lipinski definition) is 1. The fourth-order valence-corrected chi connectivity index (χ4v) is 2.86. The molecule has 3 heterocycles. The quantitative estimate of drug-likeness (QED) is 0.903. The predicted molar refractivity (Wildman–Crippen MR) is 99.2 cm³/mol. The summed E-state index contributed by atoms with van der Waals surface area (Å²) in [4.78, 5) is 37.4. The number of piperazine rings is 1. The van der Waals surface area contributed by atoms with Crippen LogP contribution in [0.5, 0.6) is 0 Å². The summed E-state index contributed by atoms with van der Waals surface area (Å²) < 4.78 is 0. The summed E-state index contributed by atoms with van der Waals surface area (Å²) in [6, 6.07) is 10.8. The maximum absolute atomic E-state index is 12.7. The molecule has 26 heavy (non-hydrogen) atoms. The van der Waals surface area contributed by atoms with E-state index in [1.807, 2.05) is 32.0 Å². The summed E-state index contributed by atoms with van der Waals surface area (Å²) >= 11 is 0. The molecule has 136 valence electrons. The van der Waals surface area contributed by atoms with Gasteiger partial charge in [0.25, 0.3) is 11.8 Å². The van der Waals surface area contributed by atoms with E-state index < -0.39 is 0 Å². The van der Waals surface area contributed by atoms with Crippen molar-refractivity contribution >= 4 is 17.6 Å². The molecule has 1 N–H and O–H groups in total. The molecule has 0 spiro atoms. The van der Waals surface area contributed by atoms with Gasteiger partial charge in [0, 0.05) is 38.4 Å². The Labute approximate surface area is 153 Å². The Morgan fingerprint density at radius 3 is 2.38 bits per heavy atom. The second-order valence-corrected chi connectivity index (χ2v) is 6.50. The van der Waals surface area contributed by atoms with Crippen LogP contribution in [0.2, 0.25) is 0 Å². The molecule has 0 bridgehead atoms. The molecule has 0 saturated carbocycles. The number of aromatic nitrogens is 2. The number of pyridine rings is 2. The largest absolute Gasteiger partial charge is 0.353 e. The van der Waals surface area contributed by atoms with Crippen molar-refractivity contribution in [3.8, 4) is 0 Å². The van der Waals surface area contributed by atoms with Gasteiger partial charge in [-0.2, -0.15) is 0 Å². The monoisotopic (exact) mass is 353 g/mol. The number of amides is 2. The summed E-state index contributed by atoms with van der Waals surface area (Å²) in [5.74, 6) is 0.504. The van der Waals surface area contributed by atoms with Gasteiger partial charge in [-0.15, -0.1) is 0 Å². The lowest BCUT2D eigenvalue weighted by Crippen LogP contribution is -2.49. The van der Waals surface area contributed by atoms with E-state index in [-0.39, 0.29) is 23.6 Å². The summed E-state index contributed by atoms with van der Waals surface area (Å²) in [6.07, 6.45) is 1.77. The number of nitrogens with zero attached hydrogens (tertiary/aromatic N) is 4. The van der Waals surface area contributed by atoms with Crippen LogP contribution in [-0.4, -0.2) is 58.9 Å². The summed E-state index contributed by atoms with van der Waals surface area (Å²) in [5.41, 5.74) is 0.560. The highest BCUT2D eigenvalue weighted by Gasteiger charge is 2.24. The molecule has 2 aromatic heterocycles. The number of anilines is 1. The molecule has 1 saturated heterocycles. The molecule has 1 aliphatic rings. The first-order chi connectivity index (χ1) is 12.5. The Kier molecular flexibility index (Phi) is 5.46. The predicted octanol–water partition coefficient (Wildman–Crippen LogP) is 1.58. The molecule has 0 unspecified atom stereocenters. The van der Waals surface area contributed by atoms with E-state index in [1.54, 1.807) is 29.3 Å². The van der Waals surface area contributed by atoms with E-state index in [2.05, 4.69) is 20.2 Å². The molecule has 7 nitrogen and oxygen atoms in total. The van der Waals surface area contributed by atoms with E-state index >= 15 is 0 Å². The van der Waals surface area contributed by atoms with Crippen LogP contribution in [0.15, 0.2) is 42.6 Å². The highest BCUT2D eigenvalue weighted by atomic mass is 16.2. The van der Waals surface area contributed by atoms with Crippen LogP contribution in [0, 0.1) is 0 Å². The second kappa shape index (κ2) is 7.95. The van der Waals surface area contributed by atoms with E-state index in [4.69, 9.17) is 0 Å². The molecular weight excluding hydrogens is 330 g/mol. The molecule has 3 rings (SSSR count). The van der Waals surface area contributed by atoms with Gasteiger partial charge in [-0.25, -0.2) is 9.97 Å². The van der Waals surface area contributed by atoms with Crippen LogP contribution in [-0.2, 0) is 0 Å². The Balaban J connectivity index is 1.64. The molecule has 1 aliphatic heterocycles. The van der Waals surface area contributed by atoms with Crippen molar-refractivity contribution in [2.24, 2.45) is 0 Å². The van der Waals surface area contributed by atoms with E-state index in [1.165, 1.54) is 0 Å². The molecule has 0 radical (unpaired) electrons. The molecule has 1 fully saturated rings. The Hall–Kier alpha value is -2.96. The minimum Gasteiger partial charge on any atom is -0.353 e. The van der Waals surface area contributed by atoms with Crippen LogP contribution in [0.3, 0.4) is 0 Å². The summed E-state index contributed by atoms with van der Waals surface area (Å²) in [6.45, 7) is 6.40. The zero-order valence-electron chi connectivity index (χ0n) is 15.1. The topological polar surface area (TPSA) is 78.4 Å². The van der Waals surface area contributed by atoms with Crippen molar-refractivity contribution < 1.29 is 9.59 Å². The maximum Gasteiger partial charge on any atom is 0.272 e. The normalized spacial score (nSPS) is 14.4. The summed E-state index contributed by atoms with van der Waals surface area (Å²) in [7, 11) is 0. The minimum atomic E-state index is -0.269. The van der Waals surface area contributed by atoms with E-state index in [0.29, 0.717) is 18.8 Å². The first-order valence-electron chi connectivity index (χ1n) is 8.78. The van der Waals surface area contributed by atoms with Crippen molar-refractivity contribution in [1.82, 2.24) is 20.2 Å². The van der Waals surface area contributed by atoms with Crippen LogP contribution >= 0.6 is 0 Å². The third-order valence-electron chi connectivity index (χ3n) is 4.16. The number of carbonyl (C=O) groups excluding carboxylic acids is 2. The average molecular weight is 353 g/mol. The lowest BCUT2D eigenvalue weighted by molar-refractivity contribution is 0.0740. The van der Waals surface area contributed by atoms with Gasteiger partial charge in [-0.05, 0) is 38.1 Å². The third kappa shape index (κ3) is 4.17. The van der Waals surface area contributed by atoms with Crippen LogP contribution in [0.1, 0.15) is 34.8 Å². The lowest BCUT2D eigenvalue weighted by Gasteiger charge is -2.35. The minimum absolute atomic E-state index is 0.0170. The van der Waals surface area contributed by atoms with Gasteiger partial charge in [0.15, 0.2) is 0 Å². The summed E-state index contributed by atoms with van der Waals surface area (Å²) in [5, 5.41) is 2.79. The first-order valence-corrected chi connectivity index (χ1v) is 8.78. The van der Waals surface area contributed by atoms with Crippen LogP contribution < -0.4 is 10.2 Å². The molecule has 0 aliphatic carbocycles. The highest BCUT2D eigenvalue weighted by Crippen LogP contribution is 2.14. The van der Waals surface area contributed by atoms with E-state index in [0.717, 1.165) is 18.9 Å². The first kappa shape index (κ1) is 17.8. The van der Waals surface area contributed by atoms with Gasteiger partial charge in [0.1, 0.15) is 17.2 Å². The second-order valence-electron chi connectivity index (χ2n) is 6.50. The smallest absolute Gasteiger partial charge is 0.272 e. The van der Waals surface area contributed by atoms with Crippen LogP contribution in [0.4, 0.5) is 5.82 Å². The van der Waals surface area contributed by atoms with Crippen molar-refractivity contribution in [3.05, 3.63) is 54.0 Å². The van der Waals surface area contributed by atoms with Crippen molar-refractivity contribution in [1.29, 1.82) is 0 Å². The molecule has 7 heteroatoms. The van der Waals surface area contributed by atoms with Gasteiger partial charge >= 0.3 is 0 Å². The third-order valence-corrected chi connectivity index (χ3v) is 4.16. The van der Waals surface area contributed by atoms with Crippen molar-refractivity contribution in [3.63, 3.8) is 0 Å². The fourth-order valence-electron chi connectivity index (χ4n) is 2.86. The van der Waals surface area contributed by atoms with Gasteiger partial charge in [0.2, 0.25) is 0 Å². The molecule has 2 amide bonds.